The Hall–Kier alpha value is -0.300. The maximum absolute atomic E-state index is 11.9. The fraction of sp³-hybridized carbons (Fsp3) is 0.917. The van der Waals surface area contributed by atoms with Gasteiger partial charge in [0.1, 0.15) is 15.4 Å². The molecular weight excluding hydrogens is 334 g/mol. The Morgan fingerprint density at radius 2 is 1.84 bits per heavy atom. The molecule has 1 aliphatic heterocycles. The SMILES string of the molecule is CC(C)(C)OC(=O)NC1(CCBr)CCS(=O)(=O)CC1. The van der Waals surface area contributed by atoms with Gasteiger partial charge in [-0.3, -0.25) is 0 Å². The van der Waals surface area contributed by atoms with Gasteiger partial charge in [0.25, 0.3) is 0 Å². The number of amides is 1. The monoisotopic (exact) mass is 355 g/mol. The van der Waals surface area contributed by atoms with Crippen LogP contribution in [0.4, 0.5) is 4.79 Å². The van der Waals surface area contributed by atoms with Gasteiger partial charge < -0.3 is 10.1 Å². The molecule has 0 atom stereocenters. The number of hydrogen-bond donors (Lipinski definition) is 1. The minimum absolute atomic E-state index is 0.121. The molecule has 7 heteroatoms. The van der Waals surface area contributed by atoms with Gasteiger partial charge in [0.05, 0.1) is 11.5 Å². The minimum atomic E-state index is -2.95. The third kappa shape index (κ3) is 5.69. The lowest BCUT2D eigenvalue weighted by Gasteiger charge is -2.38. The number of alkyl carbamates (subject to hydrolysis) is 1. The van der Waals surface area contributed by atoms with Crippen molar-refractivity contribution in [2.75, 3.05) is 16.8 Å². The molecule has 0 saturated carbocycles. The van der Waals surface area contributed by atoms with Gasteiger partial charge in [-0.1, -0.05) is 15.9 Å². The highest BCUT2D eigenvalue weighted by Gasteiger charge is 2.38. The Balaban J connectivity index is 2.71. The summed E-state index contributed by atoms with van der Waals surface area (Å²) >= 11 is 3.36. The van der Waals surface area contributed by atoms with Crippen molar-refractivity contribution >= 4 is 31.9 Å². The van der Waals surface area contributed by atoms with Crippen molar-refractivity contribution in [2.45, 2.75) is 51.2 Å². The minimum Gasteiger partial charge on any atom is -0.444 e. The zero-order chi connectivity index (χ0) is 14.7. The van der Waals surface area contributed by atoms with Crippen LogP contribution in [0.2, 0.25) is 0 Å². The lowest BCUT2D eigenvalue weighted by molar-refractivity contribution is 0.0443. The lowest BCUT2D eigenvalue weighted by Crippen LogP contribution is -2.54. The Bertz CT molecular complexity index is 414. The van der Waals surface area contributed by atoms with Crippen LogP contribution in [0, 0.1) is 0 Å². The van der Waals surface area contributed by atoms with Crippen LogP contribution in [0.15, 0.2) is 0 Å². The topological polar surface area (TPSA) is 72.5 Å². The molecule has 1 amide bonds. The van der Waals surface area contributed by atoms with Gasteiger partial charge in [-0.05, 0) is 40.0 Å². The highest BCUT2D eigenvalue weighted by atomic mass is 79.9. The summed E-state index contributed by atoms with van der Waals surface area (Å²) in [6, 6.07) is 0. The molecule has 5 nitrogen and oxygen atoms in total. The predicted octanol–water partition coefficient (Wildman–Crippen LogP) is 2.24. The molecule has 112 valence electrons. The van der Waals surface area contributed by atoms with Gasteiger partial charge in [0.2, 0.25) is 0 Å². The van der Waals surface area contributed by atoms with E-state index in [1.54, 1.807) is 20.8 Å². The second-order valence-electron chi connectivity index (χ2n) is 6.00. The molecule has 0 bridgehead atoms. The van der Waals surface area contributed by atoms with E-state index >= 15 is 0 Å². The molecule has 1 rings (SSSR count). The first-order valence-corrected chi connectivity index (χ1v) is 9.29. The maximum atomic E-state index is 11.9. The van der Waals surface area contributed by atoms with Crippen LogP contribution < -0.4 is 5.32 Å². The molecule has 1 saturated heterocycles. The number of ether oxygens (including phenoxy) is 1. The molecule has 0 radical (unpaired) electrons. The largest absolute Gasteiger partial charge is 0.444 e. The molecule has 0 aliphatic carbocycles. The first-order chi connectivity index (χ1) is 8.58. The Labute approximate surface area is 123 Å². The van der Waals surface area contributed by atoms with E-state index < -0.39 is 27.1 Å². The third-order valence-corrected chi connectivity index (χ3v) is 5.17. The fourth-order valence-electron chi connectivity index (χ4n) is 2.07. The van der Waals surface area contributed by atoms with Crippen LogP contribution >= 0.6 is 15.9 Å². The number of alkyl halides is 1. The smallest absolute Gasteiger partial charge is 0.408 e. The van der Waals surface area contributed by atoms with E-state index in [1.165, 1.54) is 0 Å². The van der Waals surface area contributed by atoms with Crippen LogP contribution in [0.5, 0.6) is 0 Å². The van der Waals surface area contributed by atoms with E-state index in [9.17, 15) is 13.2 Å². The van der Waals surface area contributed by atoms with Gasteiger partial charge in [0, 0.05) is 10.9 Å². The van der Waals surface area contributed by atoms with Crippen LogP contribution in [-0.4, -0.2) is 42.5 Å². The van der Waals surface area contributed by atoms with Gasteiger partial charge in [-0.15, -0.1) is 0 Å². The molecule has 1 fully saturated rings. The van der Waals surface area contributed by atoms with Gasteiger partial charge >= 0.3 is 6.09 Å². The van der Waals surface area contributed by atoms with E-state index in [0.717, 1.165) is 0 Å². The number of carbonyl (C=O) groups is 1. The third-order valence-electron chi connectivity index (χ3n) is 3.12. The summed E-state index contributed by atoms with van der Waals surface area (Å²) in [5, 5.41) is 3.58. The number of rotatable bonds is 3. The zero-order valence-corrected chi connectivity index (χ0v) is 14.1. The zero-order valence-electron chi connectivity index (χ0n) is 11.7. The van der Waals surface area contributed by atoms with E-state index in [2.05, 4.69) is 21.2 Å². The Morgan fingerprint density at radius 3 is 2.26 bits per heavy atom. The van der Waals surface area contributed by atoms with Gasteiger partial charge in [0.15, 0.2) is 0 Å². The van der Waals surface area contributed by atoms with Crippen molar-refractivity contribution in [1.82, 2.24) is 5.32 Å². The summed E-state index contributed by atoms with van der Waals surface area (Å²) in [7, 11) is -2.95. The van der Waals surface area contributed by atoms with E-state index in [0.29, 0.717) is 24.6 Å². The van der Waals surface area contributed by atoms with Gasteiger partial charge in [-0.2, -0.15) is 0 Å². The quantitative estimate of drug-likeness (QED) is 0.788. The number of sulfone groups is 1. The first kappa shape index (κ1) is 16.8. The van der Waals surface area contributed by atoms with Crippen molar-refractivity contribution in [3.05, 3.63) is 0 Å². The second kappa shape index (κ2) is 5.99. The summed E-state index contributed by atoms with van der Waals surface area (Å²) in [6.07, 6.45) is 1.11. The molecule has 1 heterocycles. The van der Waals surface area contributed by atoms with Gasteiger partial charge in [-0.25, -0.2) is 13.2 Å². The summed E-state index contributed by atoms with van der Waals surface area (Å²) < 4.78 is 28.3. The molecule has 19 heavy (non-hydrogen) atoms. The molecule has 0 unspecified atom stereocenters. The lowest BCUT2D eigenvalue weighted by atomic mass is 9.89. The van der Waals surface area contributed by atoms with Crippen LogP contribution in [0.25, 0.3) is 0 Å². The highest BCUT2D eigenvalue weighted by Crippen LogP contribution is 2.28. The fourth-order valence-corrected chi connectivity index (χ4v) is 4.43. The van der Waals surface area contributed by atoms with Crippen LogP contribution in [-0.2, 0) is 14.6 Å². The maximum Gasteiger partial charge on any atom is 0.408 e. The van der Waals surface area contributed by atoms with E-state index in [-0.39, 0.29) is 11.5 Å². The Kier molecular flexibility index (Phi) is 5.28. The van der Waals surface area contributed by atoms with Crippen LogP contribution in [0.3, 0.4) is 0 Å². The molecule has 0 aromatic rings. The number of nitrogens with one attached hydrogen (secondary N) is 1. The molecule has 1 aliphatic rings. The summed E-state index contributed by atoms with van der Waals surface area (Å²) in [5.74, 6) is 0.242. The summed E-state index contributed by atoms with van der Waals surface area (Å²) in [5.41, 5.74) is -1.03. The van der Waals surface area contributed by atoms with Crippen LogP contribution in [0.1, 0.15) is 40.0 Å². The standard InChI is InChI=1S/C12H22BrNO4S/c1-11(2,3)18-10(15)14-12(4-7-13)5-8-19(16,17)9-6-12/h4-9H2,1-3H3,(H,14,15). The molecule has 0 aromatic carbocycles. The summed E-state index contributed by atoms with van der Waals surface area (Å²) in [4.78, 5) is 11.9. The molecule has 0 aromatic heterocycles. The number of hydrogen-bond acceptors (Lipinski definition) is 4. The summed E-state index contributed by atoms with van der Waals surface area (Å²) in [6.45, 7) is 5.40. The van der Waals surface area contributed by atoms with Crippen molar-refractivity contribution < 1.29 is 17.9 Å². The predicted molar refractivity (Wildman–Crippen MR) is 78.4 cm³/mol. The first-order valence-electron chi connectivity index (χ1n) is 6.35. The molecule has 0 spiro atoms. The molecule has 1 N–H and O–H groups in total. The number of carbonyl (C=O) groups excluding carboxylic acids is 1. The average molecular weight is 356 g/mol. The van der Waals surface area contributed by atoms with Crippen molar-refractivity contribution in [1.29, 1.82) is 0 Å². The van der Waals surface area contributed by atoms with E-state index in [4.69, 9.17) is 4.74 Å². The van der Waals surface area contributed by atoms with Crippen molar-refractivity contribution in [3.63, 3.8) is 0 Å². The van der Waals surface area contributed by atoms with Crippen molar-refractivity contribution in [3.8, 4) is 0 Å². The molecular formula is C12H22BrNO4S. The second-order valence-corrected chi connectivity index (χ2v) is 9.09. The normalized spacial score (nSPS) is 21.7. The number of halogens is 1. The Morgan fingerprint density at radius 1 is 1.32 bits per heavy atom. The average Bonchev–Trinajstić information content (AvgIpc) is 2.20. The van der Waals surface area contributed by atoms with E-state index in [1.807, 2.05) is 0 Å². The highest BCUT2D eigenvalue weighted by molar-refractivity contribution is 9.09. The van der Waals surface area contributed by atoms with Crippen molar-refractivity contribution in [2.24, 2.45) is 0 Å².